The lowest BCUT2D eigenvalue weighted by Crippen LogP contribution is -2.52. The summed E-state index contributed by atoms with van der Waals surface area (Å²) in [7, 11) is 1.00. The summed E-state index contributed by atoms with van der Waals surface area (Å²) in [6, 6.07) is 0. The van der Waals surface area contributed by atoms with Crippen molar-refractivity contribution in [3.05, 3.63) is 10.1 Å². The molecule has 0 aliphatic carbocycles. The fraction of sp³-hybridized carbons (Fsp3) is 0.750. The summed E-state index contributed by atoms with van der Waals surface area (Å²) >= 11 is 0. The van der Waals surface area contributed by atoms with E-state index in [1.54, 1.807) is 0 Å². The Morgan fingerprint density at radius 3 is 2.19 bits per heavy atom. The zero-order chi connectivity index (χ0) is 16.6. The van der Waals surface area contributed by atoms with Gasteiger partial charge in [0.15, 0.2) is 6.61 Å². The van der Waals surface area contributed by atoms with Crippen LogP contribution in [-0.4, -0.2) is 48.2 Å². The zero-order valence-corrected chi connectivity index (χ0v) is 12.4. The molecule has 0 N–H and O–H groups in total. The van der Waals surface area contributed by atoms with E-state index >= 15 is 0 Å². The average Bonchev–Trinajstić information content (AvgIpc) is 2.36. The van der Waals surface area contributed by atoms with Gasteiger partial charge in [0.05, 0.1) is 13.2 Å². The number of esters is 3. The normalized spacial score (nSPS) is 14.5. The molecule has 2 unspecified atom stereocenters. The molecular formula is C12H19NO8. The van der Waals surface area contributed by atoms with Gasteiger partial charge in [-0.05, 0) is 13.3 Å². The summed E-state index contributed by atoms with van der Waals surface area (Å²) in [5, 5.41) is 11.3. The van der Waals surface area contributed by atoms with Crippen molar-refractivity contribution in [1.29, 1.82) is 0 Å². The summed E-state index contributed by atoms with van der Waals surface area (Å²) < 4.78 is 13.9. The minimum atomic E-state index is -2.21. The molecule has 0 rings (SSSR count). The maximum absolute atomic E-state index is 11.8. The fourth-order valence-electron chi connectivity index (χ4n) is 1.65. The quantitative estimate of drug-likeness (QED) is 0.274. The van der Waals surface area contributed by atoms with Crippen LogP contribution < -0.4 is 0 Å². The molecule has 0 bridgehead atoms. The van der Waals surface area contributed by atoms with E-state index in [4.69, 9.17) is 4.74 Å². The second-order valence-corrected chi connectivity index (χ2v) is 4.52. The van der Waals surface area contributed by atoms with E-state index < -0.39 is 41.1 Å². The van der Waals surface area contributed by atoms with Crippen molar-refractivity contribution in [1.82, 2.24) is 0 Å². The predicted octanol–water partition coefficient (Wildman–Crippen LogP) is 0.470. The molecule has 0 amide bonds. The zero-order valence-electron chi connectivity index (χ0n) is 12.4. The van der Waals surface area contributed by atoms with E-state index in [9.17, 15) is 24.5 Å². The van der Waals surface area contributed by atoms with Crippen LogP contribution in [0.2, 0.25) is 0 Å². The van der Waals surface area contributed by atoms with Crippen LogP contribution >= 0.6 is 0 Å². The molecule has 0 radical (unpaired) electrons. The van der Waals surface area contributed by atoms with E-state index in [0.29, 0.717) is 0 Å². The van der Waals surface area contributed by atoms with Gasteiger partial charge in [-0.25, -0.2) is 4.79 Å². The molecule has 9 nitrogen and oxygen atoms in total. The van der Waals surface area contributed by atoms with Crippen molar-refractivity contribution in [2.75, 3.05) is 13.7 Å². The SMILES string of the molecule is COC(=O)C(CCC(C)OC(C)=O)(COC(C)=O)[N+](=O)[O-]. The molecule has 0 aliphatic heterocycles. The Morgan fingerprint density at radius 2 is 1.81 bits per heavy atom. The Kier molecular flexibility index (Phi) is 7.32. The first-order valence-electron chi connectivity index (χ1n) is 6.19. The molecule has 0 aromatic heterocycles. The summed E-state index contributed by atoms with van der Waals surface area (Å²) in [6.45, 7) is 3.07. The topological polar surface area (TPSA) is 122 Å². The molecule has 0 fully saturated rings. The lowest BCUT2D eigenvalue weighted by atomic mass is 9.93. The monoisotopic (exact) mass is 305 g/mol. The number of carbonyl (C=O) groups excluding carboxylic acids is 3. The molecule has 0 saturated heterocycles. The van der Waals surface area contributed by atoms with Gasteiger partial charge in [0.2, 0.25) is 0 Å². The maximum atomic E-state index is 11.8. The van der Waals surface area contributed by atoms with E-state index in [2.05, 4.69) is 9.47 Å². The standard InChI is InChI=1S/C12H19NO8/c1-8(21-10(3)15)5-6-12(13(17)18,11(16)19-4)7-20-9(2)14/h8H,5-7H2,1-4H3. The van der Waals surface area contributed by atoms with E-state index in [1.807, 2.05) is 0 Å². The van der Waals surface area contributed by atoms with Gasteiger partial charge in [0.1, 0.15) is 0 Å². The van der Waals surface area contributed by atoms with Crippen molar-refractivity contribution in [3.8, 4) is 0 Å². The molecule has 120 valence electrons. The number of rotatable bonds is 8. The molecule has 0 aliphatic rings. The van der Waals surface area contributed by atoms with Crippen molar-refractivity contribution in [2.45, 2.75) is 45.3 Å². The number of methoxy groups -OCH3 is 1. The minimum absolute atomic E-state index is 0.0386. The highest BCUT2D eigenvalue weighted by atomic mass is 16.6. The van der Waals surface area contributed by atoms with E-state index in [-0.39, 0.29) is 12.8 Å². The number of hydrogen-bond donors (Lipinski definition) is 0. The van der Waals surface area contributed by atoms with Gasteiger partial charge in [-0.2, -0.15) is 0 Å². The van der Waals surface area contributed by atoms with Crippen LogP contribution in [0, 0.1) is 10.1 Å². The van der Waals surface area contributed by atoms with Crippen LogP contribution in [0.1, 0.15) is 33.6 Å². The van der Waals surface area contributed by atoms with Crippen LogP contribution in [-0.2, 0) is 28.6 Å². The van der Waals surface area contributed by atoms with Gasteiger partial charge in [0, 0.05) is 25.2 Å². The van der Waals surface area contributed by atoms with Crippen LogP contribution in [0.15, 0.2) is 0 Å². The third-order valence-corrected chi connectivity index (χ3v) is 2.76. The Balaban J connectivity index is 5.08. The summed E-state index contributed by atoms with van der Waals surface area (Å²) in [5.74, 6) is -2.41. The first-order chi connectivity index (χ1) is 9.65. The van der Waals surface area contributed by atoms with Crippen molar-refractivity contribution in [3.63, 3.8) is 0 Å². The van der Waals surface area contributed by atoms with Crippen LogP contribution in [0.3, 0.4) is 0 Å². The number of nitro groups is 1. The summed E-state index contributed by atoms with van der Waals surface area (Å²) in [6.07, 6.45) is -0.880. The molecule has 0 heterocycles. The van der Waals surface area contributed by atoms with Crippen molar-refractivity contribution >= 4 is 17.9 Å². The Labute approximate surface area is 121 Å². The smallest absolute Gasteiger partial charge is 0.388 e. The van der Waals surface area contributed by atoms with Crippen molar-refractivity contribution < 1.29 is 33.5 Å². The van der Waals surface area contributed by atoms with Gasteiger partial charge in [-0.15, -0.1) is 0 Å². The van der Waals surface area contributed by atoms with Crippen molar-refractivity contribution in [2.24, 2.45) is 0 Å². The Morgan fingerprint density at radius 1 is 1.24 bits per heavy atom. The third kappa shape index (κ3) is 5.76. The number of hydrogen-bond acceptors (Lipinski definition) is 8. The highest BCUT2D eigenvalue weighted by Crippen LogP contribution is 2.22. The van der Waals surface area contributed by atoms with Gasteiger partial charge >= 0.3 is 23.4 Å². The first-order valence-corrected chi connectivity index (χ1v) is 6.19. The van der Waals surface area contributed by atoms with Crippen LogP contribution in [0.25, 0.3) is 0 Å². The molecule has 0 spiro atoms. The van der Waals surface area contributed by atoms with Crippen LogP contribution in [0.5, 0.6) is 0 Å². The first kappa shape index (κ1) is 18.8. The highest BCUT2D eigenvalue weighted by molar-refractivity contribution is 5.80. The predicted molar refractivity (Wildman–Crippen MR) is 68.8 cm³/mol. The highest BCUT2D eigenvalue weighted by Gasteiger charge is 2.53. The number of nitrogens with zero attached hydrogens (tertiary/aromatic N) is 1. The summed E-state index contributed by atoms with van der Waals surface area (Å²) in [5.41, 5.74) is -2.21. The molecule has 21 heavy (non-hydrogen) atoms. The van der Waals surface area contributed by atoms with E-state index in [1.165, 1.54) is 13.8 Å². The molecule has 0 aromatic rings. The fourth-order valence-corrected chi connectivity index (χ4v) is 1.65. The lowest BCUT2D eigenvalue weighted by molar-refractivity contribution is -0.560. The molecule has 9 heteroatoms. The maximum Gasteiger partial charge on any atom is 0.388 e. The van der Waals surface area contributed by atoms with Gasteiger partial charge < -0.3 is 14.2 Å². The molecule has 0 aromatic carbocycles. The molecular weight excluding hydrogens is 286 g/mol. The second-order valence-electron chi connectivity index (χ2n) is 4.52. The molecule has 2 atom stereocenters. The minimum Gasteiger partial charge on any atom is -0.464 e. The second kappa shape index (κ2) is 8.18. The van der Waals surface area contributed by atoms with Crippen LogP contribution in [0.4, 0.5) is 0 Å². The van der Waals surface area contributed by atoms with E-state index in [0.717, 1.165) is 14.0 Å². The van der Waals surface area contributed by atoms with Gasteiger partial charge in [0.25, 0.3) is 0 Å². The lowest BCUT2D eigenvalue weighted by Gasteiger charge is -2.23. The largest absolute Gasteiger partial charge is 0.464 e. The Bertz CT molecular complexity index is 421. The van der Waals surface area contributed by atoms with Gasteiger partial charge in [-0.1, -0.05) is 0 Å². The number of carbonyl (C=O) groups is 3. The molecule has 0 saturated carbocycles. The van der Waals surface area contributed by atoms with Gasteiger partial charge in [-0.3, -0.25) is 19.7 Å². The summed E-state index contributed by atoms with van der Waals surface area (Å²) in [4.78, 5) is 43.8. The average molecular weight is 305 g/mol. The third-order valence-electron chi connectivity index (χ3n) is 2.76. The number of ether oxygens (including phenoxy) is 3. The Hall–Kier alpha value is -2.19.